The molecule has 2 rings (SSSR count). The Morgan fingerprint density at radius 3 is 2.27 bits per heavy atom. The Bertz CT molecular complexity index is 737. The number of unbranched alkanes of at least 4 members (excludes halogenated alkanes) is 1. The average molecular weight is 371 g/mol. The first-order valence-corrected chi connectivity index (χ1v) is 9.87. The van der Waals surface area contributed by atoms with Gasteiger partial charge in [-0.2, -0.15) is 0 Å². The standard InChI is InChI=1S/C21H26N2O2S/c1-4-5-11-26-18-12-15(2)19(16(3)13-18)23-21(25)20(24)22-14-17-9-7-6-8-10-17/h6-10,12-13H,4-5,11,14H2,1-3H3,(H,22,24)(H,23,25). The number of carbonyl (C=O) groups excluding carboxylic acids is 2. The molecule has 0 aliphatic carbocycles. The molecule has 0 bridgehead atoms. The highest BCUT2D eigenvalue weighted by Gasteiger charge is 2.16. The SMILES string of the molecule is CCCCSc1cc(C)c(NC(=O)C(=O)NCc2ccccc2)c(C)c1. The maximum Gasteiger partial charge on any atom is 0.313 e. The second kappa shape index (κ2) is 10.0. The van der Waals surface area contributed by atoms with Gasteiger partial charge in [-0.15, -0.1) is 11.8 Å². The fourth-order valence-electron chi connectivity index (χ4n) is 2.57. The van der Waals surface area contributed by atoms with Crippen molar-refractivity contribution in [2.75, 3.05) is 11.1 Å². The summed E-state index contributed by atoms with van der Waals surface area (Å²) in [4.78, 5) is 25.5. The van der Waals surface area contributed by atoms with Gasteiger partial charge >= 0.3 is 11.8 Å². The first-order chi connectivity index (χ1) is 12.5. The Hall–Kier alpha value is -2.27. The molecular weight excluding hydrogens is 344 g/mol. The van der Waals surface area contributed by atoms with E-state index in [0.29, 0.717) is 12.2 Å². The van der Waals surface area contributed by atoms with Crippen molar-refractivity contribution >= 4 is 29.3 Å². The van der Waals surface area contributed by atoms with E-state index < -0.39 is 11.8 Å². The molecule has 26 heavy (non-hydrogen) atoms. The normalized spacial score (nSPS) is 10.4. The van der Waals surface area contributed by atoms with Crippen molar-refractivity contribution in [1.82, 2.24) is 5.32 Å². The number of nitrogens with one attached hydrogen (secondary N) is 2. The van der Waals surface area contributed by atoms with E-state index in [1.54, 1.807) is 0 Å². The molecule has 0 saturated carbocycles. The Morgan fingerprint density at radius 2 is 1.65 bits per heavy atom. The van der Waals surface area contributed by atoms with Crippen LogP contribution < -0.4 is 10.6 Å². The number of carbonyl (C=O) groups is 2. The van der Waals surface area contributed by atoms with Gasteiger partial charge in [0.1, 0.15) is 0 Å². The van der Waals surface area contributed by atoms with Crippen molar-refractivity contribution in [2.24, 2.45) is 0 Å². The molecule has 0 radical (unpaired) electrons. The molecule has 0 unspecified atom stereocenters. The zero-order chi connectivity index (χ0) is 18.9. The molecule has 0 spiro atoms. The minimum absolute atomic E-state index is 0.331. The van der Waals surface area contributed by atoms with E-state index in [-0.39, 0.29) is 0 Å². The lowest BCUT2D eigenvalue weighted by Crippen LogP contribution is -2.35. The second-order valence-electron chi connectivity index (χ2n) is 6.26. The van der Waals surface area contributed by atoms with E-state index >= 15 is 0 Å². The zero-order valence-corrected chi connectivity index (χ0v) is 16.4. The molecule has 138 valence electrons. The summed E-state index contributed by atoms with van der Waals surface area (Å²) in [5.41, 5.74) is 3.60. The molecule has 2 aromatic carbocycles. The number of hydrogen-bond acceptors (Lipinski definition) is 3. The first kappa shape index (κ1) is 20.0. The van der Waals surface area contributed by atoms with Gasteiger partial charge in [-0.3, -0.25) is 9.59 Å². The van der Waals surface area contributed by atoms with Crippen molar-refractivity contribution in [3.05, 3.63) is 59.2 Å². The van der Waals surface area contributed by atoms with Gasteiger partial charge in [0.05, 0.1) is 0 Å². The summed E-state index contributed by atoms with van der Waals surface area (Å²) in [6.07, 6.45) is 2.36. The molecule has 0 heterocycles. The fraction of sp³-hybridized carbons (Fsp3) is 0.333. The minimum Gasteiger partial charge on any atom is -0.344 e. The van der Waals surface area contributed by atoms with Crippen LogP contribution in [0.3, 0.4) is 0 Å². The summed E-state index contributed by atoms with van der Waals surface area (Å²) in [5, 5.41) is 5.40. The molecular formula is C21H26N2O2S. The van der Waals surface area contributed by atoms with Gasteiger partial charge in [-0.1, -0.05) is 43.7 Å². The predicted molar refractivity (Wildman–Crippen MR) is 108 cm³/mol. The Balaban J connectivity index is 1.96. The van der Waals surface area contributed by atoms with Gasteiger partial charge in [-0.05, 0) is 54.8 Å². The molecule has 2 N–H and O–H groups in total. The van der Waals surface area contributed by atoms with Crippen molar-refractivity contribution in [2.45, 2.75) is 45.1 Å². The number of hydrogen-bond donors (Lipinski definition) is 2. The lowest BCUT2D eigenvalue weighted by Gasteiger charge is -2.14. The quantitative estimate of drug-likeness (QED) is 0.430. The Kier molecular flexibility index (Phi) is 7.73. The van der Waals surface area contributed by atoms with E-state index in [1.807, 2.05) is 55.9 Å². The Morgan fingerprint density at radius 1 is 1.00 bits per heavy atom. The molecule has 0 aliphatic rings. The van der Waals surface area contributed by atoms with Crippen LogP contribution in [0, 0.1) is 13.8 Å². The largest absolute Gasteiger partial charge is 0.344 e. The number of benzene rings is 2. The van der Waals surface area contributed by atoms with E-state index in [9.17, 15) is 9.59 Å². The molecule has 0 aromatic heterocycles. The third kappa shape index (κ3) is 5.92. The Labute approximate surface area is 159 Å². The smallest absolute Gasteiger partial charge is 0.313 e. The molecule has 4 nitrogen and oxygen atoms in total. The van der Waals surface area contributed by atoms with Gasteiger partial charge in [0.25, 0.3) is 0 Å². The summed E-state index contributed by atoms with van der Waals surface area (Å²) >= 11 is 1.82. The summed E-state index contributed by atoms with van der Waals surface area (Å²) in [7, 11) is 0. The van der Waals surface area contributed by atoms with Crippen LogP contribution in [0.5, 0.6) is 0 Å². The average Bonchev–Trinajstić information content (AvgIpc) is 2.63. The molecule has 2 amide bonds. The van der Waals surface area contributed by atoms with E-state index in [0.717, 1.165) is 22.4 Å². The molecule has 2 aromatic rings. The predicted octanol–water partition coefficient (Wildman–Crippen LogP) is 4.45. The summed E-state index contributed by atoms with van der Waals surface area (Å²) < 4.78 is 0. The molecule has 0 fully saturated rings. The summed E-state index contributed by atoms with van der Waals surface area (Å²) in [5.74, 6) is -0.184. The monoisotopic (exact) mass is 370 g/mol. The second-order valence-corrected chi connectivity index (χ2v) is 7.42. The van der Waals surface area contributed by atoms with E-state index in [2.05, 4.69) is 29.7 Å². The maximum absolute atomic E-state index is 12.2. The van der Waals surface area contributed by atoms with Crippen LogP contribution in [-0.4, -0.2) is 17.6 Å². The first-order valence-electron chi connectivity index (χ1n) is 8.88. The van der Waals surface area contributed by atoms with E-state index in [4.69, 9.17) is 0 Å². The van der Waals surface area contributed by atoms with Crippen LogP contribution in [0.25, 0.3) is 0 Å². The molecule has 5 heteroatoms. The van der Waals surface area contributed by atoms with Crippen LogP contribution >= 0.6 is 11.8 Å². The third-order valence-electron chi connectivity index (χ3n) is 4.01. The number of thioether (sulfide) groups is 1. The topological polar surface area (TPSA) is 58.2 Å². The van der Waals surface area contributed by atoms with Gasteiger partial charge in [0.2, 0.25) is 0 Å². The summed E-state index contributed by atoms with van der Waals surface area (Å²) in [6, 6.07) is 13.6. The summed E-state index contributed by atoms with van der Waals surface area (Å²) in [6.45, 7) is 6.42. The van der Waals surface area contributed by atoms with Crippen molar-refractivity contribution in [1.29, 1.82) is 0 Å². The molecule has 0 saturated heterocycles. The van der Waals surface area contributed by atoms with Gasteiger partial charge in [0, 0.05) is 17.1 Å². The number of amides is 2. The van der Waals surface area contributed by atoms with Gasteiger partial charge < -0.3 is 10.6 Å². The van der Waals surface area contributed by atoms with Crippen LogP contribution in [-0.2, 0) is 16.1 Å². The molecule has 0 atom stereocenters. The van der Waals surface area contributed by atoms with Gasteiger partial charge in [0.15, 0.2) is 0 Å². The third-order valence-corrected chi connectivity index (χ3v) is 5.08. The van der Waals surface area contributed by atoms with Crippen LogP contribution in [0.2, 0.25) is 0 Å². The van der Waals surface area contributed by atoms with Crippen molar-refractivity contribution in [3.8, 4) is 0 Å². The van der Waals surface area contributed by atoms with Crippen LogP contribution in [0.4, 0.5) is 5.69 Å². The fourth-order valence-corrected chi connectivity index (χ4v) is 3.76. The number of rotatable bonds is 7. The van der Waals surface area contributed by atoms with Crippen molar-refractivity contribution < 1.29 is 9.59 Å². The maximum atomic E-state index is 12.2. The number of aryl methyl sites for hydroxylation is 2. The number of anilines is 1. The van der Waals surface area contributed by atoms with Crippen LogP contribution in [0.1, 0.15) is 36.5 Å². The highest BCUT2D eigenvalue weighted by atomic mass is 32.2. The lowest BCUT2D eigenvalue weighted by molar-refractivity contribution is -0.136. The minimum atomic E-state index is -0.640. The van der Waals surface area contributed by atoms with Gasteiger partial charge in [-0.25, -0.2) is 0 Å². The van der Waals surface area contributed by atoms with E-state index in [1.165, 1.54) is 17.7 Å². The lowest BCUT2D eigenvalue weighted by atomic mass is 10.1. The highest BCUT2D eigenvalue weighted by molar-refractivity contribution is 7.99. The van der Waals surface area contributed by atoms with Crippen molar-refractivity contribution in [3.63, 3.8) is 0 Å². The molecule has 0 aliphatic heterocycles. The zero-order valence-electron chi connectivity index (χ0n) is 15.6. The van der Waals surface area contributed by atoms with Crippen LogP contribution in [0.15, 0.2) is 47.4 Å². The highest BCUT2D eigenvalue weighted by Crippen LogP contribution is 2.28.